The van der Waals surface area contributed by atoms with Gasteiger partial charge in [0, 0.05) is 6.61 Å². The molecule has 1 saturated heterocycles. The molecule has 2 unspecified atom stereocenters. The standard InChI is InChI=1S/C43H80O4Si2/c1-32(19-17-26-42(8,9)45-39-21-15-16-28-44-39)37-24-25-38-34(20-18-27-43(37,38)10)23-22-33-29-35(46-48(11,12)40(2,3)4)31-36(30-33)47-49(13,14)41(5,6)7/h22-23,32,35-39H,15-21,24-31H2,1-14H3/b34-23+/t32-,35-,36-,37?,38+,39?,43-/m1/s1. The van der Waals surface area contributed by atoms with Crippen LogP contribution >= 0.6 is 0 Å². The molecule has 0 aromatic rings. The molecule has 0 spiro atoms. The van der Waals surface area contributed by atoms with E-state index in [0.717, 1.165) is 56.5 Å². The van der Waals surface area contributed by atoms with Gasteiger partial charge in [-0.2, -0.15) is 0 Å². The van der Waals surface area contributed by atoms with Gasteiger partial charge in [0.1, 0.15) is 0 Å². The molecule has 0 amide bonds. The van der Waals surface area contributed by atoms with Crippen molar-refractivity contribution >= 4 is 16.6 Å². The monoisotopic (exact) mass is 717 g/mol. The maximum atomic E-state index is 7.11. The largest absolute Gasteiger partial charge is 0.414 e. The molecule has 0 bridgehead atoms. The molecule has 7 atom stereocenters. The number of ether oxygens (including phenoxy) is 2. The van der Waals surface area contributed by atoms with Crippen molar-refractivity contribution in [1.82, 2.24) is 0 Å². The van der Waals surface area contributed by atoms with Gasteiger partial charge in [-0.3, -0.25) is 0 Å². The summed E-state index contributed by atoms with van der Waals surface area (Å²) in [6.07, 6.45) is 22.6. The Balaban J connectivity index is 1.43. The Labute approximate surface area is 306 Å². The van der Waals surface area contributed by atoms with E-state index in [-0.39, 0.29) is 34.2 Å². The number of hydrogen-bond donors (Lipinski definition) is 0. The molecule has 3 saturated carbocycles. The van der Waals surface area contributed by atoms with E-state index >= 15 is 0 Å². The SMILES string of the molecule is C[C@H](CCCC(C)(C)OC1CCCCO1)C1CC[C@H]2/C(=C/C=C3C[C@@H](O[Si](C)(C)C(C)(C)C)C[C@H](O[Si](C)(C)C(C)(C)C)C3)CCC[C@]12C. The van der Waals surface area contributed by atoms with Crippen LogP contribution in [0.15, 0.2) is 23.3 Å². The van der Waals surface area contributed by atoms with Crippen LogP contribution in [-0.4, -0.2) is 47.3 Å². The highest BCUT2D eigenvalue weighted by atomic mass is 28.4. The van der Waals surface area contributed by atoms with Crippen molar-refractivity contribution in [2.24, 2.45) is 23.2 Å². The minimum Gasteiger partial charge on any atom is -0.414 e. The summed E-state index contributed by atoms with van der Waals surface area (Å²) >= 11 is 0. The lowest BCUT2D eigenvalue weighted by atomic mass is 9.60. The minimum absolute atomic E-state index is 0.00195. The molecule has 4 rings (SSSR count). The van der Waals surface area contributed by atoms with E-state index in [1.54, 1.807) is 11.1 Å². The summed E-state index contributed by atoms with van der Waals surface area (Å²) < 4.78 is 26.5. The fraction of sp³-hybridized carbons (Fsp3) is 0.907. The molecule has 0 aromatic heterocycles. The molecule has 4 fully saturated rings. The first-order valence-corrected chi connectivity index (χ1v) is 26.4. The highest BCUT2D eigenvalue weighted by molar-refractivity contribution is 6.74. The van der Waals surface area contributed by atoms with Crippen LogP contribution in [0.3, 0.4) is 0 Å². The van der Waals surface area contributed by atoms with Gasteiger partial charge < -0.3 is 18.3 Å². The highest BCUT2D eigenvalue weighted by Crippen LogP contribution is 2.60. The van der Waals surface area contributed by atoms with Gasteiger partial charge in [-0.25, -0.2) is 0 Å². The number of rotatable bonds is 12. The maximum Gasteiger partial charge on any atom is 0.192 e. The molecule has 49 heavy (non-hydrogen) atoms. The van der Waals surface area contributed by atoms with Gasteiger partial charge in [0.2, 0.25) is 0 Å². The van der Waals surface area contributed by atoms with E-state index in [4.69, 9.17) is 18.3 Å². The predicted octanol–water partition coefficient (Wildman–Crippen LogP) is 13.1. The fourth-order valence-electron chi connectivity index (χ4n) is 9.34. The van der Waals surface area contributed by atoms with Crippen molar-refractivity contribution in [2.45, 2.75) is 219 Å². The molecule has 0 aromatic carbocycles. The lowest BCUT2D eigenvalue weighted by molar-refractivity contribution is -0.217. The smallest absolute Gasteiger partial charge is 0.192 e. The summed E-state index contributed by atoms with van der Waals surface area (Å²) in [6.45, 7) is 34.5. The van der Waals surface area contributed by atoms with Crippen molar-refractivity contribution in [3.8, 4) is 0 Å². The first-order chi connectivity index (χ1) is 22.5. The molecule has 1 aliphatic heterocycles. The lowest BCUT2D eigenvalue weighted by Crippen LogP contribution is -2.48. The second-order valence-electron chi connectivity index (χ2n) is 20.8. The van der Waals surface area contributed by atoms with Crippen molar-refractivity contribution in [2.75, 3.05) is 6.61 Å². The van der Waals surface area contributed by atoms with Crippen molar-refractivity contribution in [1.29, 1.82) is 0 Å². The zero-order valence-electron chi connectivity index (χ0n) is 34.9. The normalized spacial score (nSPS) is 32.3. The first-order valence-electron chi connectivity index (χ1n) is 20.6. The molecule has 4 nitrogen and oxygen atoms in total. The Hall–Kier alpha value is -0.246. The topological polar surface area (TPSA) is 36.9 Å². The van der Waals surface area contributed by atoms with E-state index < -0.39 is 16.6 Å². The summed E-state index contributed by atoms with van der Waals surface area (Å²) in [5, 5.41) is 0.422. The molecule has 3 aliphatic carbocycles. The zero-order valence-corrected chi connectivity index (χ0v) is 36.9. The van der Waals surface area contributed by atoms with Crippen LogP contribution in [0.25, 0.3) is 0 Å². The Morgan fingerprint density at radius 2 is 1.45 bits per heavy atom. The van der Waals surface area contributed by atoms with Gasteiger partial charge in [0.05, 0.1) is 17.8 Å². The van der Waals surface area contributed by atoms with E-state index in [9.17, 15) is 0 Å². The van der Waals surface area contributed by atoms with Crippen LogP contribution < -0.4 is 0 Å². The summed E-state index contributed by atoms with van der Waals surface area (Å²) in [5.74, 6) is 2.31. The summed E-state index contributed by atoms with van der Waals surface area (Å²) in [5.41, 5.74) is 3.59. The molecular weight excluding hydrogens is 637 g/mol. The molecule has 284 valence electrons. The van der Waals surface area contributed by atoms with Crippen LogP contribution in [0.4, 0.5) is 0 Å². The lowest BCUT2D eigenvalue weighted by Gasteiger charge is -2.45. The summed E-state index contributed by atoms with van der Waals surface area (Å²) in [7, 11) is -3.76. The van der Waals surface area contributed by atoms with Gasteiger partial charge in [0.15, 0.2) is 22.9 Å². The van der Waals surface area contributed by atoms with Gasteiger partial charge in [-0.1, -0.05) is 91.5 Å². The second-order valence-corrected chi connectivity index (χ2v) is 30.4. The van der Waals surface area contributed by atoms with Crippen LogP contribution in [0.5, 0.6) is 0 Å². The fourth-order valence-corrected chi connectivity index (χ4v) is 12.1. The van der Waals surface area contributed by atoms with E-state index in [1.807, 2.05) is 0 Å². The zero-order chi connectivity index (χ0) is 36.5. The first kappa shape index (κ1) is 41.5. The Morgan fingerprint density at radius 3 is 2.00 bits per heavy atom. The predicted molar refractivity (Wildman–Crippen MR) is 214 cm³/mol. The quantitative estimate of drug-likeness (QED) is 0.188. The van der Waals surface area contributed by atoms with E-state index in [1.165, 1.54) is 57.8 Å². The Kier molecular flexibility index (Phi) is 13.6. The maximum absolute atomic E-state index is 7.11. The van der Waals surface area contributed by atoms with Gasteiger partial charge >= 0.3 is 0 Å². The summed E-state index contributed by atoms with van der Waals surface area (Å²) in [4.78, 5) is 0. The number of allylic oxidation sites excluding steroid dienone is 3. The van der Waals surface area contributed by atoms with Crippen LogP contribution in [0.2, 0.25) is 36.3 Å². The molecule has 0 radical (unpaired) electrons. The van der Waals surface area contributed by atoms with Crippen molar-refractivity contribution in [3.63, 3.8) is 0 Å². The average Bonchev–Trinajstić information content (AvgIpc) is 3.32. The van der Waals surface area contributed by atoms with Crippen molar-refractivity contribution < 1.29 is 18.3 Å². The third-order valence-corrected chi connectivity index (χ3v) is 23.4. The van der Waals surface area contributed by atoms with Gasteiger partial charge in [0.25, 0.3) is 0 Å². The minimum atomic E-state index is -1.88. The number of fused-ring (bicyclic) bond motifs is 1. The molecule has 1 heterocycles. The van der Waals surface area contributed by atoms with Crippen molar-refractivity contribution in [3.05, 3.63) is 23.3 Å². The van der Waals surface area contributed by atoms with Gasteiger partial charge in [-0.15, -0.1) is 0 Å². The second kappa shape index (κ2) is 16.0. The third-order valence-electron chi connectivity index (χ3n) is 14.3. The van der Waals surface area contributed by atoms with Gasteiger partial charge in [-0.05, 0) is 150 Å². The molecular formula is C43H80O4Si2. The van der Waals surface area contributed by atoms with E-state index in [0.29, 0.717) is 5.41 Å². The van der Waals surface area contributed by atoms with Crippen LogP contribution in [0.1, 0.15) is 159 Å². The molecule has 0 N–H and O–H groups in total. The Morgan fingerprint density at radius 1 is 0.837 bits per heavy atom. The van der Waals surface area contributed by atoms with E-state index in [2.05, 4.69) is 108 Å². The molecule has 6 heteroatoms. The average molecular weight is 717 g/mol. The highest BCUT2D eigenvalue weighted by Gasteiger charge is 2.50. The van der Waals surface area contributed by atoms with Crippen LogP contribution in [0, 0.1) is 23.2 Å². The third kappa shape index (κ3) is 10.7. The molecule has 4 aliphatic rings. The Bertz CT molecular complexity index is 1100. The number of hydrogen-bond acceptors (Lipinski definition) is 4. The summed E-state index contributed by atoms with van der Waals surface area (Å²) in [6, 6.07) is 0. The van der Waals surface area contributed by atoms with Crippen LogP contribution in [-0.2, 0) is 18.3 Å².